The molecule has 0 unspecified atom stereocenters. The molecule has 2 N–H and O–H groups in total. The molecule has 0 aromatic carbocycles. The van der Waals surface area contributed by atoms with Crippen LogP contribution < -0.4 is 5.73 Å². The van der Waals surface area contributed by atoms with Crippen molar-refractivity contribution in [2.45, 2.75) is 29.7 Å². The van der Waals surface area contributed by atoms with Crippen LogP contribution in [0.15, 0.2) is 17.3 Å². The Bertz CT molecular complexity index is 566. The number of aromatic nitrogens is 2. The zero-order valence-electron chi connectivity index (χ0n) is 12.1. The highest BCUT2D eigenvalue weighted by Crippen LogP contribution is 2.37. The first-order valence-electron chi connectivity index (χ1n) is 6.49. The van der Waals surface area contributed by atoms with Crippen LogP contribution in [0.1, 0.15) is 19.3 Å². The third-order valence-corrected chi connectivity index (χ3v) is 5.86. The molecule has 20 heavy (non-hydrogen) atoms. The molecule has 0 amide bonds. The predicted molar refractivity (Wildman–Crippen MR) is 76.5 cm³/mol. The molecule has 1 aromatic heterocycles. The average Bonchev–Trinajstić information content (AvgIpc) is 2.33. The largest absolute Gasteiger partial charge is 0.368 e. The Morgan fingerprint density at radius 3 is 2.20 bits per heavy atom. The number of hydrogen-bond acceptors (Lipinski definition) is 6. The molecule has 2 rings (SSSR count). The highest BCUT2D eigenvalue weighted by atomic mass is 32.2. The van der Waals surface area contributed by atoms with Crippen LogP contribution in [0.5, 0.6) is 0 Å². The van der Waals surface area contributed by atoms with E-state index in [0.29, 0.717) is 6.54 Å². The molecule has 0 atom stereocenters. The molecule has 0 radical (unpaired) electrons. The molecule has 1 aliphatic rings. The molecule has 8 heteroatoms. The lowest BCUT2D eigenvalue weighted by Crippen LogP contribution is -2.57. The number of likely N-dealkylation sites (N-methyl/N-ethyl adjacent to an activating group) is 2. The second-order valence-corrected chi connectivity index (χ2v) is 7.56. The van der Waals surface area contributed by atoms with E-state index in [1.807, 2.05) is 14.1 Å². The number of hydrogen-bond donors (Lipinski definition) is 1. The van der Waals surface area contributed by atoms with Crippen molar-refractivity contribution in [1.82, 2.24) is 19.2 Å². The quantitative estimate of drug-likeness (QED) is 0.833. The summed E-state index contributed by atoms with van der Waals surface area (Å²) in [7, 11) is 2.00. The Labute approximate surface area is 119 Å². The molecular weight excluding hydrogens is 278 g/mol. The molecule has 1 aromatic rings. The van der Waals surface area contributed by atoms with Gasteiger partial charge in [0.1, 0.15) is 4.90 Å². The third-order valence-electron chi connectivity index (χ3n) is 4.11. The van der Waals surface area contributed by atoms with Gasteiger partial charge in [-0.15, -0.1) is 0 Å². The van der Waals surface area contributed by atoms with Crippen molar-refractivity contribution in [3.63, 3.8) is 0 Å². The minimum atomic E-state index is -3.57. The maximum Gasteiger partial charge on any atom is 0.245 e. The summed E-state index contributed by atoms with van der Waals surface area (Å²) in [5.41, 5.74) is 5.32. The fourth-order valence-corrected chi connectivity index (χ4v) is 3.61. The molecule has 0 saturated heterocycles. The van der Waals surface area contributed by atoms with Crippen LogP contribution in [0.4, 0.5) is 5.95 Å². The lowest BCUT2D eigenvalue weighted by molar-refractivity contribution is 0.0455. The number of anilines is 1. The SMILES string of the molecule is CN(C)C1(CN(C)S(=O)(=O)c2cnc(N)nc2)CCC1. The first-order valence-corrected chi connectivity index (χ1v) is 7.93. The van der Waals surface area contributed by atoms with E-state index in [0.717, 1.165) is 19.3 Å². The standard InChI is InChI=1S/C12H21N5O2S/c1-16(2)12(5-4-6-12)9-17(3)20(18,19)10-7-14-11(13)15-8-10/h7-8H,4-6,9H2,1-3H3,(H2,13,14,15). The summed E-state index contributed by atoms with van der Waals surface area (Å²) < 4.78 is 26.3. The monoisotopic (exact) mass is 299 g/mol. The van der Waals surface area contributed by atoms with Gasteiger partial charge in [0.25, 0.3) is 0 Å². The van der Waals surface area contributed by atoms with Crippen LogP contribution in [0, 0.1) is 0 Å². The van der Waals surface area contributed by atoms with Crippen molar-refractivity contribution in [2.75, 3.05) is 33.4 Å². The lowest BCUT2D eigenvalue weighted by atomic mass is 9.75. The molecule has 112 valence electrons. The van der Waals surface area contributed by atoms with Crippen molar-refractivity contribution in [3.05, 3.63) is 12.4 Å². The van der Waals surface area contributed by atoms with Crippen LogP contribution in [0.3, 0.4) is 0 Å². The van der Waals surface area contributed by atoms with Crippen molar-refractivity contribution < 1.29 is 8.42 Å². The van der Waals surface area contributed by atoms with Gasteiger partial charge in [-0.2, -0.15) is 4.31 Å². The molecule has 0 aliphatic heterocycles. The highest BCUT2D eigenvalue weighted by molar-refractivity contribution is 7.89. The molecule has 1 fully saturated rings. The highest BCUT2D eigenvalue weighted by Gasteiger charge is 2.42. The van der Waals surface area contributed by atoms with Gasteiger partial charge in [0.2, 0.25) is 16.0 Å². The van der Waals surface area contributed by atoms with E-state index < -0.39 is 10.0 Å². The van der Waals surface area contributed by atoms with Gasteiger partial charge in [0.15, 0.2) is 0 Å². The summed E-state index contributed by atoms with van der Waals surface area (Å²) in [5.74, 6) is 0.0651. The van der Waals surface area contributed by atoms with Crippen molar-refractivity contribution in [2.24, 2.45) is 0 Å². The topological polar surface area (TPSA) is 92.4 Å². The van der Waals surface area contributed by atoms with Crippen molar-refractivity contribution in [1.29, 1.82) is 0 Å². The normalized spacial score (nSPS) is 18.2. The van der Waals surface area contributed by atoms with Crippen LogP contribution in [0.2, 0.25) is 0 Å². The fourth-order valence-electron chi connectivity index (χ4n) is 2.47. The average molecular weight is 299 g/mol. The summed E-state index contributed by atoms with van der Waals surface area (Å²) in [6.45, 7) is 0.465. The van der Waals surface area contributed by atoms with Gasteiger partial charge in [-0.25, -0.2) is 18.4 Å². The molecule has 0 spiro atoms. The van der Waals surface area contributed by atoms with Gasteiger partial charge >= 0.3 is 0 Å². The Balaban J connectivity index is 2.19. The maximum absolute atomic E-state index is 12.5. The van der Waals surface area contributed by atoms with Gasteiger partial charge in [-0.3, -0.25) is 0 Å². The van der Waals surface area contributed by atoms with Crippen LogP contribution in [-0.2, 0) is 10.0 Å². The molecular formula is C12H21N5O2S. The van der Waals surface area contributed by atoms with Crippen LogP contribution in [-0.4, -0.2) is 60.8 Å². The summed E-state index contributed by atoms with van der Waals surface area (Å²) >= 11 is 0. The Kier molecular flexibility index (Phi) is 3.99. The third kappa shape index (κ3) is 2.63. The van der Waals surface area contributed by atoms with Crippen molar-refractivity contribution >= 4 is 16.0 Å². The van der Waals surface area contributed by atoms with E-state index in [2.05, 4.69) is 14.9 Å². The first kappa shape index (κ1) is 15.1. The summed E-state index contributed by atoms with van der Waals surface area (Å²) in [6.07, 6.45) is 5.65. The zero-order chi connectivity index (χ0) is 15.0. The van der Waals surface area contributed by atoms with Crippen LogP contribution in [0.25, 0.3) is 0 Å². The Hall–Kier alpha value is -1.25. The smallest absolute Gasteiger partial charge is 0.245 e. The number of sulfonamides is 1. The Morgan fingerprint density at radius 2 is 1.80 bits per heavy atom. The minimum absolute atomic E-state index is 0.0590. The van der Waals surface area contributed by atoms with Crippen LogP contribution >= 0.6 is 0 Å². The van der Waals surface area contributed by atoms with E-state index in [-0.39, 0.29) is 16.4 Å². The van der Waals surface area contributed by atoms with Gasteiger partial charge in [0, 0.05) is 19.1 Å². The minimum Gasteiger partial charge on any atom is -0.368 e. The molecule has 1 saturated carbocycles. The molecule has 0 bridgehead atoms. The first-order chi connectivity index (χ1) is 9.28. The number of nitrogen functional groups attached to an aromatic ring is 1. The molecule has 7 nitrogen and oxygen atoms in total. The number of nitrogens with two attached hydrogens (primary N) is 1. The number of rotatable bonds is 5. The molecule has 1 heterocycles. The zero-order valence-corrected chi connectivity index (χ0v) is 12.9. The van der Waals surface area contributed by atoms with Gasteiger partial charge in [-0.1, -0.05) is 0 Å². The van der Waals surface area contributed by atoms with E-state index in [1.165, 1.54) is 16.7 Å². The lowest BCUT2D eigenvalue weighted by Gasteiger charge is -2.48. The van der Waals surface area contributed by atoms with Gasteiger partial charge < -0.3 is 10.6 Å². The number of nitrogens with zero attached hydrogens (tertiary/aromatic N) is 4. The summed E-state index contributed by atoms with van der Waals surface area (Å²) in [5, 5.41) is 0. The van der Waals surface area contributed by atoms with Gasteiger partial charge in [-0.05, 0) is 33.4 Å². The van der Waals surface area contributed by atoms with E-state index in [9.17, 15) is 8.42 Å². The fraction of sp³-hybridized carbons (Fsp3) is 0.667. The maximum atomic E-state index is 12.5. The molecule has 1 aliphatic carbocycles. The van der Waals surface area contributed by atoms with Crippen molar-refractivity contribution in [3.8, 4) is 0 Å². The Morgan fingerprint density at radius 1 is 1.25 bits per heavy atom. The second-order valence-electron chi connectivity index (χ2n) is 5.51. The predicted octanol–water partition coefficient (Wildman–Crippen LogP) is 0.164. The second kappa shape index (κ2) is 5.27. The van der Waals surface area contributed by atoms with E-state index in [4.69, 9.17) is 5.73 Å². The summed E-state index contributed by atoms with van der Waals surface area (Å²) in [6, 6.07) is 0. The van der Waals surface area contributed by atoms with E-state index in [1.54, 1.807) is 7.05 Å². The van der Waals surface area contributed by atoms with E-state index >= 15 is 0 Å². The van der Waals surface area contributed by atoms with Gasteiger partial charge in [0.05, 0.1) is 12.4 Å². The summed E-state index contributed by atoms with van der Waals surface area (Å²) in [4.78, 5) is 9.67.